The van der Waals surface area contributed by atoms with Crippen LogP contribution in [0.1, 0.15) is 37.6 Å². The number of nitrogens with one attached hydrogen (secondary N) is 1. The summed E-state index contributed by atoms with van der Waals surface area (Å²) in [5.41, 5.74) is 1.01. The van der Waals surface area contributed by atoms with Gasteiger partial charge in [0.25, 0.3) is 5.91 Å². The number of nitrogens with zero attached hydrogens (tertiary/aromatic N) is 1. The van der Waals surface area contributed by atoms with Gasteiger partial charge in [0.15, 0.2) is 0 Å². The maximum atomic E-state index is 13.0. The highest BCUT2D eigenvalue weighted by molar-refractivity contribution is 6.06. The number of hydrogen-bond acceptors (Lipinski definition) is 3. The molecule has 0 bridgehead atoms. The fourth-order valence-electron chi connectivity index (χ4n) is 2.55. The highest BCUT2D eigenvalue weighted by Gasteiger charge is 2.21. The minimum atomic E-state index is -0.419. The van der Waals surface area contributed by atoms with Crippen molar-refractivity contribution in [3.8, 4) is 5.75 Å². The number of anilines is 1. The van der Waals surface area contributed by atoms with Crippen molar-refractivity contribution in [3.63, 3.8) is 0 Å². The standard InChI is InChI=1S/C22H28N2O3/c1-22(2,3)21(26)23-15-8-16-24(18-9-6-5-7-10-18)20(25)17-11-13-19(27-4)14-12-17/h5-7,9-14H,8,15-16H2,1-4H3,(H,23,26). The zero-order chi connectivity index (χ0) is 19.9. The third kappa shape index (κ3) is 5.84. The number of rotatable bonds is 7. The molecule has 0 atom stereocenters. The lowest BCUT2D eigenvalue weighted by Crippen LogP contribution is -2.38. The molecule has 0 saturated carbocycles. The monoisotopic (exact) mass is 368 g/mol. The Morgan fingerprint density at radius 3 is 2.19 bits per heavy atom. The van der Waals surface area contributed by atoms with Gasteiger partial charge in [-0.25, -0.2) is 0 Å². The molecule has 0 heterocycles. The van der Waals surface area contributed by atoms with Gasteiger partial charge in [-0.05, 0) is 42.8 Å². The van der Waals surface area contributed by atoms with Crippen LogP contribution >= 0.6 is 0 Å². The van der Waals surface area contributed by atoms with Crippen molar-refractivity contribution in [1.82, 2.24) is 5.32 Å². The smallest absolute Gasteiger partial charge is 0.258 e. The van der Waals surface area contributed by atoms with Crippen LogP contribution in [0, 0.1) is 5.41 Å². The SMILES string of the molecule is COc1ccc(C(=O)N(CCCNC(=O)C(C)(C)C)c2ccccc2)cc1. The molecule has 144 valence electrons. The zero-order valence-corrected chi connectivity index (χ0v) is 16.5. The van der Waals surface area contributed by atoms with Crippen LogP contribution in [0.15, 0.2) is 54.6 Å². The number of amides is 2. The summed E-state index contributed by atoms with van der Waals surface area (Å²) in [5.74, 6) is 0.643. The van der Waals surface area contributed by atoms with Crippen LogP contribution < -0.4 is 15.0 Å². The topological polar surface area (TPSA) is 58.6 Å². The van der Waals surface area contributed by atoms with E-state index in [0.29, 0.717) is 30.8 Å². The summed E-state index contributed by atoms with van der Waals surface area (Å²) in [7, 11) is 1.60. The largest absolute Gasteiger partial charge is 0.497 e. The van der Waals surface area contributed by atoms with Crippen molar-refractivity contribution in [2.45, 2.75) is 27.2 Å². The molecule has 0 aliphatic heterocycles. The van der Waals surface area contributed by atoms with Crippen LogP contribution in [0.5, 0.6) is 5.75 Å². The first-order valence-corrected chi connectivity index (χ1v) is 9.12. The van der Waals surface area contributed by atoms with Crippen LogP contribution in [-0.4, -0.2) is 32.0 Å². The lowest BCUT2D eigenvalue weighted by molar-refractivity contribution is -0.128. The quantitative estimate of drug-likeness (QED) is 0.754. The third-order valence-electron chi connectivity index (χ3n) is 4.18. The minimum Gasteiger partial charge on any atom is -0.497 e. The van der Waals surface area contributed by atoms with Gasteiger partial charge in [-0.15, -0.1) is 0 Å². The second-order valence-electron chi connectivity index (χ2n) is 7.38. The predicted molar refractivity (Wildman–Crippen MR) is 108 cm³/mol. The van der Waals surface area contributed by atoms with Gasteiger partial charge in [0, 0.05) is 29.8 Å². The number of ether oxygens (including phenoxy) is 1. The van der Waals surface area contributed by atoms with E-state index in [2.05, 4.69) is 5.32 Å². The molecule has 0 fully saturated rings. The van der Waals surface area contributed by atoms with E-state index in [-0.39, 0.29) is 11.8 Å². The molecule has 27 heavy (non-hydrogen) atoms. The van der Waals surface area contributed by atoms with Crippen molar-refractivity contribution in [3.05, 3.63) is 60.2 Å². The van der Waals surface area contributed by atoms with Gasteiger partial charge in [0.2, 0.25) is 5.91 Å². The van der Waals surface area contributed by atoms with E-state index in [1.165, 1.54) is 0 Å². The Morgan fingerprint density at radius 2 is 1.63 bits per heavy atom. The van der Waals surface area contributed by atoms with E-state index in [0.717, 1.165) is 5.69 Å². The first kappa shape index (κ1) is 20.5. The lowest BCUT2D eigenvalue weighted by atomic mass is 9.96. The molecule has 2 rings (SSSR count). The van der Waals surface area contributed by atoms with Crippen LogP contribution in [0.3, 0.4) is 0 Å². The summed E-state index contributed by atoms with van der Waals surface area (Å²) < 4.78 is 5.16. The maximum absolute atomic E-state index is 13.0. The van der Waals surface area contributed by atoms with Crippen LogP contribution in [0.25, 0.3) is 0 Å². The molecule has 2 amide bonds. The van der Waals surface area contributed by atoms with E-state index in [1.807, 2.05) is 51.1 Å². The van der Waals surface area contributed by atoms with Crippen molar-refractivity contribution in [2.24, 2.45) is 5.41 Å². The fraction of sp³-hybridized carbons (Fsp3) is 0.364. The van der Waals surface area contributed by atoms with E-state index in [9.17, 15) is 9.59 Å². The van der Waals surface area contributed by atoms with E-state index < -0.39 is 5.41 Å². The van der Waals surface area contributed by atoms with E-state index >= 15 is 0 Å². The number of methoxy groups -OCH3 is 1. The van der Waals surface area contributed by atoms with E-state index in [4.69, 9.17) is 4.74 Å². The third-order valence-corrected chi connectivity index (χ3v) is 4.18. The molecule has 0 saturated heterocycles. The van der Waals surface area contributed by atoms with Crippen LogP contribution in [0.4, 0.5) is 5.69 Å². The van der Waals surface area contributed by atoms with Gasteiger partial charge in [0.1, 0.15) is 5.75 Å². The summed E-state index contributed by atoms with van der Waals surface area (Å²) in [4.78, 5) is 26.8. The van der Waals surface area contributed by atoms with Gasteiger partial charge in [-0.1, -0.05) is 39.0 Å². The second-order valence-corrected chi connectivity index (χ2v) is 7.38. The van der Waals surface area contributed by atoms with E-state index in [1.54, 1.807) is 36.3 Å². The molecule has 1 N–H and O–H groups in total. The molecule has 0 radical (unpaired) electrons. The molecule has 2 aromatic rings. The van der Waals surface area contributed by atoms with Crippen molar-refractivity contribution in [2.75, 3.05) is 25.1 Å². The van der Waals surface area contributed by atoms with Gasteiger partial charge >= 0.3 is 0 Å². The number of benzene rings is 2. The molecule has 0 unspecified atom stereocenters. The number of carbonyl (C=O) groups excluding carboxylic acids is 2. The molecule has 5 nitrogen and oxygen atoms in total. The van der Waals surface area contributed by atoms with Gasteiger partial charge in [-0.3, -0.25) is 9.59 Å². The number of hydrogen-bond donors (Lipinski definition) is 1. The molecule has 0 aliphatic carbocycles. The van der Waals surface area contributed by atoms with Crippen LogP contribution in [0.2, 0.25) is 0 Å². The Morgan fingerprint density at radius 1 is 1.00 bits per heavy atom. The molecule has 2 aromatic carbocycles. The molecule has 0 aromatic heterocycles. The normalized spacial score (nSPS) is 11.0. The van der Waals surface area contributed by atoms with Gasteiger partial charge < -0.3 is 15.0 Å². The molecule has 0 aliphatic rings. The van der Waals surface area contributed by atoms with Crippen LogP contribution in [-0.2, 0) is 4.79 Å². The van der Waals surface area contributed by atoms with Crippen molar-refractivity contribution in [1.29, 1.82) is 0 Å². The first-order chi connectivity index (χ1) is 12.8. The predicted octanol–water partition coefficient (Wildman–Crippen LogP) is 3.89. The first-order valence-electron chi connectivity index (χ1n) is 9.12. The molecule has 0 spiro atoms. The Labute approximate surface area is 161 Å². The van der Waals surface area contributed by atoms with Gasteiger partial charge in [0.05, 0.1) is 7.11 Å². The average Bonchev–Trinajstić information content (AvgIpc) is 2.67. The number of carbonyl (C=O) groups is 2. The summed E-state index contributed by atoms with van der Waals surface area (Å²) in [6.07, 6.45) is 0.665. The fourth-order valence-corrected chi connectivity index (χ4v) is 2.55. The Kier molecular flexibility index (Phi) is 6.99. The summed E-state index contributed by atoms with van der Waals surface area (Å²) in [5, 5.41) is 2.93. The lowest BCUT2D eigenvalue weighted by Gasteiger charge is -2.24. The second kappa shape index (κ2) is 9.21. The Bertz CT molecular complexity index is 749. The molecular weight excluding hydrogens is 340 g/mol. The van der Waals surface area contributed by atoms with Gasteiger partial charge in [-0.2, -0.15) is 0 Å². The minimum absolute atomic E-state index is 0.00948. The Hall–Kier alpha value is -2.82. The maximum Gasteiger partial charge on any atom is 0.258 e. The highest BCUT2D eigenvalue weighted by atomic mass is 16.5. The number of para-hydroxylation sites is 1. The molecule has 5 heteroatoms. The average molecular weight is 368 g/mol. The van der Waals surface area contributed by atoms with Crippen molar-refractivity contribution < 1.29 is 14.3 Å². The molecular formula is C22H28N2O3. The Balaban J connectivity index is 2.07. The summed E-state index contributed by atoms with van der Waals surface area (Å²) in [6.45, 7) is 6.68. The summed E-state index contributed by atoms with van der Waals surface area (Å²) >= 11 is 0. The zero-order valence-electron chi connectivity index (χ0n) is 16.5. The highest BCUT2D eigenvalue weighted by Crippen LogP contribution is 2.19. The van der Waals surface area contributed by atoms with Crippen molar-refractivity contribution >= 4 is 17.5 Å². The summed E-state index contributed by atoms with van der Waals surface area (Å²) in [6, 6.07) is 16.6.